The quantitative estimate of drug-likeness (QED) is 0.268. The minimum Gasteiger partial charge on any atom is -0.270 e. The summed E-state index contributed by atoms with van der Waals surface area (Å²) in [4.78, 5) is 0. The largest absolute Gasteiger partial charge is 2.00 e. The van der Waals surface area contributed by atoms with Gasteiger partial charge in [-0.15, -0.1) is 39.7 Å². The van der Waals surface area contributed by atoms with Gasteiger partial charge in [0.25, 0.3) is 0 Å². The number of hydrogen-bond acceptors (Lipinski definition) is 0. The molecule has 4 rings (SSSR count). The Morgan fingerprint density at radius 3 is 1.41 bits per heavy atom. The molecule has 0 N–H and O–H groups in total. The van der Waals surface area contributed by atoms with E-state index in [0.717, 1.165) is 0 Å². The van der Waals surface area contributed by atoms with Gasteiger partial charge in [-0.05, 0) is 10.8 Å². The number of rotatable bonds is 0. The van der Waals surface area contributed by atoms with Gasteiger partial charge in [-0.1, -0.05) is 116 Å². The Kier molecular flexibility index (Phi) is 7.99. The molecule has 0 spiro atoms. The molecule has 0 aliphatic heterocycles. The average Bonchev–Trinajstić information content (AvgIpc) is 3.22. The summed E-state index contributed by atoms with van der Waals surface area (Å²) in [7, 11) is 0. The fourth-order valence-electron chi connectivity index (χ4n) is 4.01. The second kappa shape index (κ2) is 9.50. The summed E-state index contributed by atoms with van der Waals surface area (Å²) < 4.78 is 0. The molecule has 1 atom stereocenters. The predicted octanol–water partition coefficient (Wildman–Crippen LogP) is 9.27. The maximum absolute atomic E-state index is 3.26. The van der Waals surface area contributed by atoms with Crippen LogP contribution in [0.3, 0.4) is 0 Å². The van der Waals surface area contributed by atoms with E-state index in [4.69, 9.17) is 0 Å². The Balaban J connectivity index is 0.000000280. The molecular weight excluding hydrogens is 464 g/mol. The van der Waals surface area contributed by atoms with Crippen LogP contribution in [0.25, 0.3) is 21.5 Å². The third-order valence-corrected chi connectivity index (χ3v) is 6.23. The van der Waals surface area contributed by atoms with Crippen molar-refractivity contribution in [1.82, 2.24) is 0 Å². The van der Waals surface area contributed by atoms with Crippen molar-refractivity contribution in [1.29, 1.82) is 0 Å². The van der Waals surface area contributed by atoms with Crippen molar-refractivity contribution in [3.63, 3.8) is 0 Å². The fourth-order valence-corrected chi connectivity index (χ4v) is 4.01. The van der Waals surface area contributed by atoms with Gasteiger partial charge in [-0.25, -0.2) is 6.08 Å². The third-order valence-electron chi connectivity index (χ3n) is 6.23. The fraction of sp³-hybridized carbons (Fsp3) is 0.452. The van der Waals surface area contributed by atoms with Crippen molar-refractivity contribution in [2.45, 2.75) is 80.1 Å². The molecule has 1 aliphatic carbocycles. The van der Waals surface area contributed by atoms with E-state index < -0.39 is 0 Å². The van der Waals surface area contributed by atoms with Gasteiger partial charge < -0.3 is 0 Å². The smallest absolute Gasteiger partial charge is 0.270 e. The minimum absolute atomic E-state index is 0. The monoisotopic (exact) mass is 502 g/mol. The zero-order valence-corrected chi connectivity index (χ0v) is 24.2. The molecule has 0 nitrogen and oxygen atoms in total. The zero-order chi connectivity index (χ0) is 23.2. The Morgan fingerprint density at radius 2 is 1.12 bits per heavy atom. The summed E-state index contributed by atoms with van der Waals surface area (Å²) in [5.41, 5.74) is 4.93. The van der Waals surface area contributed by atoms with Gasteiger partial charge in [-0.2, -0.15) is 11.6 Å². The van der Waals surface area contributed by atoms with Crippen LogP contribution >= 0.6 is 0 Å². The van der Waals surface area contributed by atoms with Gasteiger partial charge in [0.1, 0.15) is 0 Å². The molecule has 0 bridgehead atoms. The van der Waals surface area contributed by atoms with Gasteiger partial charge in [0.15, 0.2) is 0 Å². The summed E-state index contributed by atoms with van der Waals surface area (Å²) in [6.07, 6.45) is 7.65. The predicted molar refractivity (Wildman–Crippen MR) is 139 cm³/mol. The van der Waals surface area contributed by atoms with E-state index in [2.05, 4.69) is 130 Å². The first-order chi connectivity index (χ1) is 14.2. The third kappa shape index (κ3) is 6.17. The molecule has 0 saturated heterocycles. The minimum atomic E-state index is 0. The van der Waals surface area contributed by atoms with Crippen LogP contribution in [0.1, 0.15) is 80.4 Å². The first-order valence-electron chi connectivity index (χ1n) is 11.6. The molecular formula is C31H40Zr. The van der Waals surface area contributed by atoms with Gasteiger partial charge in [-0.3, -0.25) is 6.08 Å². The SMILES string of the molecule is CC(C)(C)c1ccc2c(c1)[cH-]c1cc(C(C)(C)C)ccc12.CC1[C-]=CC(C(C)(C)C)=C1.[Zr+2]. The normalized spacial score (nSPS) is 16.6. The molecule has 0 heterocycles. The summed E-state index contributed by atoms with van der Waals surface area (Å²) in [6.45, 7) is 22.5. The average molecular weight is 504 g/mol. The van der Waals surface area contributed by atoms with E-state index in [-0.39, 0.29) is 37.0 Å². The van der Waals surface area contributed by atoms with E-state index in [1.807, 2.05) is 0 Å². The Morgan fingerprint density at radius 1 is 0.688 bits per heavy atom. The van der Waals surface area contributed by atoms with Crippen LogP contribution in [0.15, 0.2) is 60.2 Å². The van der Waals surface area contributed by atoms with Crippen molar-refractivity contribution in [2.24, 2.45) is 11.3 Å². The molecule has 1 aliphatic rings. The summed E-state index contributed by atoms with van der Waals surface area (Å²) in [5.74, 6) is 0.522. The van der Waals surface area contributed by atoms with Crippen LogP contribution in [-0.2, 0) is 37.0 Å². The van der Waals surface area contributed by atoms with Gasteiger partial charge in [0, 0.05) is 0 Å². The second-order valence-electron chi connectivity index (χ2n) is 12.2. The van der Waals surface area contributed by atoms with E-state index >= 15 is 0 Å². The van der Waals surface area contributed by atoms with Crippen LogP contribution in [0.5, 0.6) is 0 Å². The Labute approximate surface area is 215 Å². The molecule has 32 heavy (non-hydrogen) atoms. The van der Waals surface area contributed by atoms with Gasteiger partial charge in [0.05, 0.1) is 0 Å². The van der Waals surface area contributed by atoms with Crippen molar-refractivity contribution in [3.05, 3.63) is 77.4 Å². The van der Waals surface area contributed by atoms with Crippen molar-refractivity contribution >= 4 is 21.5 Å². The van der Waals surface area contributed by atoms with E-state index in [0.29, 0.717) is 11.3 Å². The topological polar surface area (TPSA) is 0 Å². The molecule has 3 aromatic rings. The number of benzene rings is 2. The van der Waals surface area contributed by atoms with Crippen molar-refractivity contribution in [3.8, 4) is 0 Å². The van der Waals surface area contributed by atoms with Crippen LogP contribution < -0.4 is 0 Å². The Hall–Kier alpha value is -1.33. The van der Waals surface area contributed by atoms with Gasteiger partial charge in [0.2, 0.25) is 0 Å². The number of allylic oxidation sites excluding steroid dienone is 4. The number of fused-ring (bicyclic) bond motifs is 3. The van der Waals surface area contributed by atoms with Crippen LogP contribution in [0.2, 0.25) is 0 Å². The first-order valence-corrected chi connectivity index (χ1v) is 11.6. The molecule has 1 heteroatoms. The first kappa shape index (κ1) is 26.9. The van der Waals surface area contributed by atoms with Crippen molar-refractivity contribution in [2.75, 3.05) is 0 Å². The molecule has 0 radical (unpaired) electrons. The van der Waals surface area contributed by atoms with Crippen LogP contribution in [0, 0.1) is 17.4 Å². The zero-order valence-electron chi connectivity index (χ0n) is 21.8. The number of hydrogen-bond donors (Lipinski definition) is 0. The van der Waals surface area contributed by atoms with E-state index in [1.54, 1.807) is 0 Å². The Bertz CT molecular complexity index is 1060. The molecule has 1 unspecified atom stereocenters. The molecule has 0 saturated carbocycles. The van der Waals surface area contributed by atoms with E-state index in [9.17, 15) is 0 Å². The molecule has 168 valence electrons. The van der Waals surface area contributed by atoms with Crippen LogP contribution in [-0.4, -0.2) is 0 Å². The van der Waals surface area contributed by atoms with Crippen LogP contribution in [0.4, 0.5) is 0 Å². The molecule has 0 aromatic heterocycles. The summed E-state index contributed by atoms with van der Waals surface area (Å²) in [5, 5.41) is 5.48. The van der Waals surface area contributed by atoms with Crippen molar-refractivity contribution < 1.29 is 26.2 Å². The summed E-state index contributed by atoms with van der Waals surface area (Å²) >= 11 is 0. The van der Waals surface area contributed by atoms with Gasteiger partial charge >= 0.3 is 26.2 Å². The molecule has 0 amide bonds. The maximum atomic E-state index is 3.26. The second-order valence-corrected chi connectivity index (χ2v) is 12.2. The standard InChI is InChI=1S/C21H25.C10H15.Zr/c1-20(2,3)16-7-9-18-14(12-16)11-15-13-17(21(4,5)6)8-10-19(15)18;1-8-5-6-9(7-8)10(2,3)4;/h7-13H,1-6H3;6-8H,1-4H3;/q2*-1;+2. The molecule has 3 aromatic carbocycles. The molecule has 0 fully saturated rings. The maximum Gasteiger partial charge on any atom is 2.00 e. The summed E-state index contributed by atoms with van der Waals surface area (Å²) in [6, 6.07) is 16.2. The van der Waals surface area contributed by atoms with E-state index in [1.165, 1.54) is 38.2 Å².